The molecule has 0 spiro atoms. The van der Waals surface area contributed by atoms with E-state index in [-0.39, 0.29) is 11.9 Å². The minimum absolute atomic E-state index is 0.0199. The number of hydrogen-bond acceptors (Lipinski definition) is 6. The third-order valence-electron chi connectivity index (χ3n) is 4.93. The van der Waals surface area contributed by atoms with Crippen LogP contribution in [-0.4, -0.2) is 51.1 Å². The van der Waals surface area contributed by atoms with Gasteiger partial charge >= 0.3 is 6.03 Å². The second-order valence-corrected chi connectivity index (χ2v) is 9.24. The summed E-state index contributed by atoms with van der Waals surface area (Å²) < 4.78 is 2.19. The summed E-state index contributed by atoms with van der Waals surface area (Å²) in [5, 5.41) is 14.2. The molecule has 1 aliphatic heterocycles. The molecule has 2 fully saturated rings. The van der Waals surface area contributed by atoms with Gasteiger partial charge in [0.25, 0.3) is 0 Å². The molecule has 1 saturated carbocycles. The van der Waals surface area contributed by atoms with E-state index in [0.29, 0.717) is 6.04 Å². The molecule has 1 unspecified atom stereocenters. The van der Waals surface area contributed by atoms with Gasteiger partial charge < -0.3 is 10.2 Å². The molecule has 1 saturated heterocycles. The summed E-state index contributed by atoms with van der Waals surface area (Å²) in [6.07, 6.45) is 4.59. The van der Waals surface area contributed by atoms with Crippen molar-refractivity contribution in [2.24, 2.45) is 5.92 Å². The number of rotatable bonds is 6. The highest BCUT2D eigenvalue weighted by Gasteiger charge is 2.33. The monoisotopic (exact) mass is 394 g/mol. The molecule has 2 heterocycles. The Morgan fingerprint density at radius 1 is 1.11 bits per heavy atom. The first-order valence-corrected chi connectivity index (χ1v) is 10.7. The highest BCUT2D eigenvalue weighted by molar-refractivity contribution is 8.00. The maximum atomic E-state index is 12.3. The number of urea groups is 1. The van der Waals surface area contributed by atoms with Crippen LogP contribution < -0.4 is 15.5 Å². The van der Waals surface area contributed by atoms with E-state index in [1.54, 1.807) is 6.92 Å². The van der Waals surface area contributed by atoms with Crippen molar-refractivity contribution in [2.45, 2.75) is 75.9 Å². The van der Waals surface area contributed by atoms with Crippen LogP contribution in [0.15, 0.2) is 5.16 Å². The van der Waals surface area contributed by atoms with Gasteiger partial charge in [-0.1, -0.05) is 18.7 Å². The standard InChI is InChI=1S/C18H30N6O2S/c1-11(2)19-16(26)20-15(25)13(4)27-18-22-21-17(24(18)14-5-6-14)23-9-7-12(3)8-10-23/h11-14H,5-10H2,1-4H3,(H2,19,20,25,26). The number of amides is 3. The molecule has 2 aliphatic rings. The van der Waals surface area contributed by atoms with Crippen molar-refractivity contribution < 1.29 is 9.59 Å². The Labute approximate surface area is 164 Å². The topological polar surface area (TPSA) is 92.2 Å². The summed E-state index contributed by atoms with van der Waals surface area (Å²) in [6, 6.07) is -0.0564. The van der Waals surface area contributed by atoms with Crippen LogP contribution in [0, 0.1) is 5.92 Å². The number of carbonyl (C=O) groups excluding carboxylic acids is 2. The van der Waals surface area contributed by atoms with E-state index in [2.05, 4.69) is 37.2 Å². The molecule has 3 amide bonds. The average Bonchev–Trinajstić information content (AvgIpc) is 3.35. The first-order valence-electron chi connectivity index (χ1n) is 9.83. The molecular weight excluding hydrogens is 364 g/mol. The van der Waals surface area contributed by atoms with E-state index < -0.39 is 11.3 Å². The zero-order valence-corrected chi connectivity index (χ0v) is 17.4. The molecule has 0 radical (unpaired) electrons. The second-order valence-electron chi connectivity index (χ2n) is 7.93. The Morgan fingerprint density at radius 2 is 1.78 bits per heavy atom. The van der Waals surface area contributed by atoms with Gasteiger partial charge in [0.2, 0.25) is 11.9 Å². The van der Waals surface area contributed by atoms with E-state index in [9.17, 15) is 9.59 Å². The molecular formula is C18H30N6O2S. The normalized spacial score (nSPS) is 19.2. The van der Waals surface area contributed by atoms with Crippen molar-refractivity contribution in [1.82, 2.24) is 25.4 Å². The lowest BCUT2D eigenvalue weighted by atomic mass is 10.00. The van der Waals surface area contributed by atoms with Gasteiger partial charge in [-0.3, -0.25) is 14.7 Å². The number of nitrogens with one attached hydrogen (secondary N) is 2. The fourth-order valence-electron chi connectivity index (χ4n) is 3.15. The van der Waals surface area contributed by atoms with Gasteiger partial charge in [0.05, 0.1) is 5.25 Å². The van der Waals surface area contributed by atoms with E-state index >= 15 is 0 Å². The minimum Gasteiger partial charge on any atom is -0.341 e. The maximum absolute atomic E-state index is 12.3. The first-order chi connectivity index (χ1) is 12.8. The van der Waals surface area contributed by atoms with Crippen LogP contribution in [0.1, 0.15) is 59.4 Å². The predicted octanol–water partition coefficient (Wildman–Crippen LogP) is 2.56. The Balaban J connectivity index is 1.66. The molecule has 8 nitrogen and oxygen atoms in total. The highest BCUT2D eigenvalue weighted by atomic mass is 32.2. The van der Waals surface area contributed by atoms with Crippen LogP contribution in [0.2, 0.25) is 0 Å². The molecule has 150 valence electrons. The largest absolute Gasteiger partial charge is 0.341 e. The summed E-state index contributed by atoms with van der Waals surface area (Å²) in [6.45, 7) is 9.79. The van der Waals surface area contributed by atoms with Gasteiger partial charge in [-0.25, -0.2) is 4.79 Å². The Bertz CT molecular complexity index is 679. The molecule has 3 rings (SSSR count). The van der Waals surface area contributed by atoms with Crippen LogP contribution in [0.3, 0.4) is 0 Å². The SMILES string of the molecule is CC1CCN(c2nnc(SC(C)C(=O)NC(=O)NC(C)C)n2C2CC2)CC1. The Kier molecular flexibility index (Phi) is 6.29. The van der Waals surface area contributed by atoms with Crippen molar-refractivity contribution in [2.75, 3.05) is 18.0 Å². The molecule has 1 aliphatic carbocycles. The Hall–Kier alpha value is -1.77. The van der Waals surface area contributed by atoms with Gasteiger partial charge in [-0.2, -0.15) is 0 Å². The van der Waals surface area contributed by atoms with Crippen molar-refractivity contribution >= 4 is 29.6 Å². The van der Waals surface area contributed by atoms with Gasteiger partial charge in [0, 0.05) is 25.2 Å². The number of aromatic nitrogens is 3. The van der Waals surface area contributed by atoms with Gasteiger partial charge in [0.1, 0.15) is 0 Å². The van der Waals surface area contributed by atoms with Crippen LogP contribution >= 0.6 is 11.8 Å². The first kappa shape index (κ1) is 20.0. The fourth-order valence-corrected chi connectivity index (χ4v) is 4.06. The van der Waals surface area contributed by atoms with E-state index in [0.717, 1.165) is 43.0 Å². The third kappa shape index (κ3) is 5.15. The van der Waals surface area contributed by atoms with Crippen LogP contribution in [0.5, 0.6) is 0 Å². The van der Waals surface area contributed by atoms with Crippen molar-refractivity contribution in [3.05, 3.63) is 0 Å². The van der Waals surface area contributed by atoms with Gasteiger partial charge in [-0.15, -0.1) is 10.2 Å². The number of anilines is 1. The second kappa shape index (κ2) is 8.50. The number of hydrogen-bond donors (Lipinski definition) is 2. The lowest BCUT2D eigenvalue weighted by molar-refractivity contribution is -0.119. The molecule has 2 N–H and O–H groups in total. The van der Waals surface area contributed by atoms with E-state index in [1.165, 1.54) is 24.6 Å². The van der Waals surface area contributed by atoms with Crippen molar-refractivity contribution in [3.63, 3.8) is 0 Å². The Morgan fingerprint density at radius 3 is 2.37 bits per heavy atom. The van der Waals surface area contributed by atoms with E-state index in [4.69, 9.17) is 0 Å². The van der Waals surface area contributed by atoms with Crippen LogP contribution in [0.4, 0.5) is 10.7 Å². The predicted molar refractivity (Wildman–Crippen MR) is 106 cm³/mol. The quantitative estimate of drug-likeness (QED) is 0.721. The average molecular weight is 395 g/mol. The van der Waals surface area contributed by atoms with Crippen molar-refractivity contribution in [1.29, 1.82) is 0 Å². The molecule has 1 aromatic heterocycles. The number of carbonyl (C=O) groups is 2. The van der Waals surface area contributed by atoms with Gasteiger partial charge in [0.15, 0.2) is 5.16 Å². The zero-order valence-electron chi connectivity index (χ0n) is 16.6. The van der Waals surface area contributed by atoms with Crippen LogP contribution in [-0.2, 0) is 4.79 Å². The van der Waals surface area contributed by atoms with E-state index in [1.807, 2.05) is 13.8 Å². The number of piperidine rings is 1. The highest BCUT2D eigenvalue weighted by Crippen LogP contribution is 2.42. The third-order valence-corrected chi connectivity index (χ3v) is 5.99. The minimum atomic E-state index is -0.464. The number of thioether (sulfide) groups is 1. The molecule has 1 aromatic rings. The summed E-state index contributed by atoms with van der Waals surface area (Å²) >= 11 is 1.36. The van der Waals surface area contributed by atoms with Crippen molar-refractivity contribution in [3.8, 4) is 0 Å². The smallest absolute Gasteiger partial charge is 0.321 e. The molecule has 27 heavy (non-hydrogen) atoms. The summed E-state index contributed by atoms with van der Waals surface area (Å²) in [7, 11) is 0. The lowest BCUT2D eigenvalue weighted by Crippen LogP contribution is -2.45. The fraction of sp³-hybridized carbons (Fsp3) is 0.778. The molecule has 9 heteroatoms. The zero-order chi connectivity index (χ0) is 19.6. The molecule has 1 atom stereocenters. The number of nitrogens with zero attached hydrogens (tertiary/aromatic N) is 4. The van der Waals surface area contributed by atoms with Crippen LogP contribution in [0.25, 0.3) is 0 Å². The summed E-state index contributed by atoms with van der Waals surface area (Å²) in [5.74, 6) is 1.36. The maximum Gasteiger partial charge on any atom is 0.321 e. The summed E-state index contributed by atoms with van der Waals surface area (Å²) in [5.41, 5.74) is 0. The molecule has 0 bridgehead atoms. The molecule has 0 aromatic carbocycles. The number of imide groups is 1. The lowest BCUT2D eigenvalue weighted by Gasteiger charge is -2.31. The van der Waals surface area contributed by atoms with Gasteiger partial charge in [-0.05, 0) is 52.4 Å². The summed E-state index contributed by atoms with van der Waals surface area (Å²) in [4.78, 5) is 26.4.